The van der Waals surface area contributed by atoms with Gasteiger partial charge in [0.25, 0.3) is 0 Å². The molecule has 0 amide bonds. The fraction of sp³-hybridized carbons (Fsp3) is 0.200. The molecule has 12 heteroatoms. The van der Waals surface area contributed by atoms with Crippen molar-refractivity contribution in [2.24, 2.45) is 0 Å². The molecule has 138 valence electrons. The van der Waals surface area contributed by atoms with E-state index in [1.54, 1.807) is 23.1 Å². The maximum absolute atomic E-state index is 12.2. The number of hydrogen-bond acceptors (Lipinski definition) is 8. The summed E-state index contributed by atoms with van der Waals surface area (Å²) in [4.78, 5) is 8.79. The predicted molar refractivity (Wildman–Crippen MR) is 89.7 cm³/mol. The molecule has 2 N–H and O–H groups in total. The van der Waals surface area contributed by atoms with Crippen molar-refractivity contribution in [2.75, 3.05) is 5.32 Å². The maximum atomic E-state index is 12.2. The normalized spacial score (nSPS) is 12.4. The highest BCUT2D eigenvalue weighted by atomic mass is 19.3. The van der Waals surface area contributed by atoms with Gasteiger partial charge in [0.05, 0.1) is 24.1 Å². The summed E-state index contributed by atoms with van der Waals surface area (Å²) in [6.45, 7) is -1.03. The molecule has 4 rings (SSSR count). The van der Waals surface area contributed by atoms with Gasteiger partial charge in [-0.05, 0) is 19.1 Å². The smallest absolute Gasteiger partial charge is 0.388 e. The van der Waals surface area contributed by atoms with Gasteiger partial charge in [-0.15, -0.1) is 5.10 Å². The second-order valence-electron chi connectivity index (χ2n) is 5.50. The van der Waals surface area contributed by atoms with Crippen molar-refractivity contribution < 1.29 is 13.5 Å². The Balaban J connectivity index is 1.61. The number of nitrogens with one attached hydrogen (secondary N) is 2. The van der Waals surface area contributed by atoms with E-state index in [9.17, 15) is 8.78 Å². The fourth-order valence-electron chi connectivity index (χ4n) is 2.48. The van der Waals surface area contributed by atoms with Crippen molar-refractivity contribution >= 4 is 22.8 Å². The van der Waals surface area contributed by atoms with Gasteiger partial charge in [0, 0.05) is 12.3 Å². The molecule has 0 aliphatic heterocycles. The molecular weight excluding hydrogens is 360 g/mol. The Morgan fingerprint density at radius 3 is 2.96 bits per heavy atom. The van der Waals surface area contributed by atoms with Crippen LogP contribution in [0.3, 0.4) is 0 Å². The second-order valence-corrected chi connectivity index (χ2v) is 5.50. The van der Waals surface area contributed by atoms with E-state index >= 15 is 0 Å². The van der Waals surface area contributed by atoms with Crippen LogP contribution in [-0.4, -0.2) is 46.8 Å². The average molecular weight is 373 g/mol. The molecule has 4 heterocycles. The maximum Gasteiger partial charge on any atom is 0.388 e. The van der Waals surface area contributed by atoms with Gasteiger partial charge in [-0.2, -0.15) is 24.1 Å². The van der Waals surface area contributed by atoms with E-state index in [4.69, 9.17) is 0 Å². The predicted octanol–water partition coefficient (Wildman–Crippen LogP) is 2.29. The highest BCUT2D eigenvalue weighted by Crippen LogP contribution is 2.22. The molecule has 4 aromatic rings. The zero-order valence-corrected chi connectivity index (χ0v) is 13.9. The Morgan fingerprint density at radius 1 is 1.30 bits per heavy atom. The summed E-state index contributed by atoms with van der Waals surface area (Å²) in [6, 6.07) is 4.72. The third kappa shape index (κ3) is 3.49. The van der Waals surface area contributed by atoms with Gasteiger partial charge in [-0.25, -0.2) is 14.6 Å². The Hall–Kier alpha value is -3.70. The van der Waals surface area contributed by atoms with Gasteiger partial charge in [0.1, 0.15) is 11.3 Å². The average Bonchev–Trinajstić information content (AvgIpc) is 3.28. The molecule has 0 bridgehead atoms. The number of rotatable bonds is 6. The first-order chi connectivity index (χ1) is 13.1. The van der Waals surface area contributed by atoms with E-state index in [1.165, 1.54) is 12.3 Å². The van der Waals surface area contributed by atoms with Crippen LogP contribution in [0.25, 0.3) is 11.2 Å². The molecule has 0 aliphatic rings. The van der Waals surface area contributed by atoms with Crippen LogP contribution in [0.15, 0.2) is 36.8 Å². The molecule has 10 nitrogen and oxygen atoms in total. The number of anilines is 2. The van der Waals surface area contributed by atoms with Crippen LogP contribution < -0.4 is 10.1 Å². The van der Waals surface area contributed by atoms with Crippen LogP contribution in [0.5, 0.6) is 5.88 Å². The summed E-state index contributed by atoms with van der Waals surface area (Å²) in [5.74, 6) is 0.470. The third-order valence-electron chi connectivity index (χ3n) is 3.72. The first kappa shape index (κ1) is 16.8. The number of alkyl halides is 2. The van der Waals surface area contributed by atoms with Gasteiger partial charge in [-0.3, -0.25) is 5.10 Å². The van der Waals surface area contributed by atoms with Crippen LogP contribution in [0, 0.1) is 0 Å². The van der Waals surface area contributed by atoms with E-state index in [-0.39, 0.29) is 11.9 Å². The minimum atomic E-state index is -2.95. The van der Waals surface area contributed by atoms with Gasteiger partial charge >= 0.3 is 6.61 Å². The lowest BCUT2D eigenvalue weighted by molar-refractivity contribution is -0.0528. The Bertz CT molecular complexity index is 1050. The monoisotopic (exact) mass is 373 g/mol. The number of H-pyrrole nitrogens is 1. The Morgan fingerprint density at radius 2 is 2.19 bits per heavy atom. The summed E-state index contributed by atoms with van der Waals surface area (Å²) in [5, 5.41) is 21.4. The van der Waals surface area contributed by atoms with Crippen LogP contribution in [0.2, 0.25) is 0 Å². The van der Waals surface area contributed by atoms with E-state index in [0.29, 0.717) is 22.8 Å². The van der Waals surface area contributed by atoms with Crippen molar-refractivity contribution in [1.29, 1.82) is 0 Å². The van der Waals surface area contributed by atoms with Gasteiger partial charge in [0.2, 0.25) is 5.88 Å². The molecule has 0 spiro atoms. The third-order valence-corrected chi connectivity index (χ3v) is 3.72. The summed E-state index contributed by atoms with van der Waals surface area (Å²) < 4.78 is 30.3. The van der Waals surface area contributed by atoms with E-state index in [2.05, 4.69) is 45.5 Å². The number of aromatic nitrogens is 8. The molecular formula is C15H13F2N9O. The van der Waals surface area contributed by atoms with Crippen molar-refractivity contribution in [3.8, 4) is 5.88 Å². The Kier molecular flexibility index (Phi) is 4.28. The molecule has 0 saturated heterocycles. The molecule has 1 atom stereocenters. The highest BCUT2D eigenvalue weighted by Gasteiger charge is 2.16. The molecule has 0 aromatic carbocycles. The highest BCUT2D eigenvalue weighted by molar-refractivity contribution is 5.72. The summed E-state index contributed by atoms with van der Waals surface area (Å²) in [6.07, 6.45) is 4.69. The van der Waals surface area contributed by atoms with Crippen LogP contribution in [-0.2, 0) is 0 Å². The SMILES string of the molecule is C[C@H](c1cccnn1)n1ncc2ncc(Nc3cc(OC(F)F)n[nH]3)nc21. The van der Waals surface area contributed by atoms with Gasteiger partial charge in [-0.1, -0.05) is 0 Å². The lowest BCUT2D eigenvalue weighted by Crippen LogP contribution is -2.11. The Labute approximate surface area is 150 Å². The first-order valence-corrected chi connectivity index (χ1v) is 7.85. The largest absolute Gasteiger partial charge is 0.415 e. The zero-order valence-electron chi connectivity index (χ0n) is 13.9. The number of ether oxygens (including phenoxy) is 1. The molecule has 0 saturated carbocycles. The first-order valence-electron chi connectivity index (χ1n) is 7.85. The summed E-state index contributed by atoms with van der Waals surface area (Å²) >= 11 is 0. The van der Waals surface area contributed by atoms with Crippen LogP contribution in [0.1, 0.15) is 18.7 Å². The molecule has 0 radical (unpaired) electrons. The van der Waals surface area contributed by atoms with Crippen molar-refractivity contribution in [2.45, 2.75) is 19.6 Å². The molecule has 0 unspecified atom stereocenters. The number of nitrogens with zero attached hydrogens (tertiary/aromatic N) is 7. The lowest BCUT2D eigenvalue weighted by Gasteiger charge is -2.11. The standard InChI is InChI=1S/C15H13F2N9O/c1-8(9-3-2-4-19-23-9)26-14-10(6-20-26)18-7-12(22-14)21-11-5-13(25-24-11)27-15(16)17/h2-8,15H,1H3,(H2,21,22,24,25)/t8-/m1/s1. The minimum Gasteiger partial charge on any atom is -0.415 e. The topological polar surface area (TPSA) is 119 Å². The van der Waals surface area contributed by atoms with Crippen LogP contribution in [0.4, 0.5) is 20.4 Å². The second kappa shape index (κ2) is 6.90. The molecule has 0 aliphatic carbocycles. The van der Waals surface area contributed by atoms with Gasteiger partial charge < -0.3 is 10.1 Å². The van der Waals surface area contributed by atoms with Gasteiger partial charge in [0.15, 0.2) is 11.5 Å². The quantitative estimate of drug-likeness (QED) is 0.528. The van der Waals surface area contributed by atoms with E-state index < -0.39 is 6.61 Å². The molecule has 4 aromatic heterocycles. The molecule has 27 heavy (non-hydrogen) atoms. The number of hydrogen-bond donors (Lipinski definition) is 2. The number of aromatic amines is 1. The summed E-state index contributed by atoms with van der Waals surface area (Å²) in [5.41, 5.74) is 1.86. The number of fused-ring (bicyclic) bond motifs is 1. The van der Waals surface area contributed by atoms with Crippen molar-refractivity contribution in [3.05, 3.63) is 42.5 Å². The zero-order chi connectivity index (χ0) is 18.8. The fourth-order valence-corrected chi connectivity index (χ4v) is 2.48. The molecule has 0 fully saturated rings. The summed E-state index contributed by atoms with van der Waals surface area (Å²) in [7, 11) is 0. The lowest BCUT2D eigenvalue weighted by atomic mass is 10.2. The number of halogens is 2. The van der Waals surface area contributed by atoms with E-state index in [1.807, 2.05) is 13.0 Å². The van der Waals surface area contributed by atoms with Crippen molar-refractivity contribution in [1.82, 2.24) is 40.1 Å². The van der Waals surface area contributed by atoms with E-state index in [0.717, 1.165) is 5.69 Å². The van der Waals surface area contributed by atoms with Crippen LogP contribution >= 0.6 is 0 Å². The minimum absolute atomic E-state index is 0.209. The van der Waals surface area contributed by atoms with Crippen molar-refractivity contribution in [3.63, 3.8) is 0 Å².